The minimum absolute atomic E-state index is 0.0232. The number of carbonyl (C=O) groups is 1. The van der Waals surface area contributed by atoms with Crippen molar-refractivity contribution in [1.29, 1.82) is 0 Å². The molecule has 2 aromatic carbocycles. The molecule has 0 unspecified atom stereocenters. The van der Waals surface area contributed by atoms with Crippen LogP contribution in [-0.2, 0) is 28.4 Å². The third-order valence-electron chi connectivity index (χ3n) is 4.49. The molecule has 1 N–H and O–H groups in total. The summed E-state index contributed by atoms with van der Waals surface area (Å²) < 4.78 is 45.8. The van der Waals surface area contributed by atoms with Crippen molar-refractivity contribution in [2.24, 2.45) is 7.05 Å². The number of hydrogen-bond donors (Lipinski definition) is 1. The number of hydrogen-bond acceptors (Lipinski definition) is 7. The maximum Gasteiger partial charge on any atom is 0.234 e. The number of rotatable bonds is 9. The van der Waals surface area contributed by atoms with Crippen LogP contribution in [0.15, 0.2) is 47.6 Å². The highest BCUT2D eigenvalue weighted by Gasteiger charge is 2.22. The second kappa shape index (κ2) is 10.4. The molecule has 1 amide bonds. The maximum absolute atomic E-state index is 13.2. The third-order valence-corrected chi connectivity index (χ3v) is 6.89. The SMILES string of the molecule is COc1ccc(Cl)cc1NC(=O)CSc1nnc(CN(c2ccc(F)cc2)S(C)(=O)=O)n1C. The van der Waals surface area contributed by atoms with E-state index < -0.39 is 15.8 Å². The van der Waals surface area contributed by atoms with Gasteiger partial charge in [0.2, 0.25) is 15.9 Å². The van der Waals surface area contributed by atoms with E-state index in [-0.39, 0.29) is 18.2 Å². The normalized spacial score (nSPS) is 11.3. The Morgan fingerprint density at radius 3 is 2.58 bits per heavy atom. The number of amides is 1. The molecule has 0 saturated carbocycles. The highest BCUT2D eigenvalue weighted by atomic mass is 35.5. The summed E-state index contributed by atoms with van der Waals surface area (Å²) in [7, 11) is -0.517. The molecule has 0 fully saturated rings. The number of aromatic nitrogens is 3. The van der Waals surface area contributed by atoms with Gasteiger partial charge in [-0.05, 0) is 42.5 Å². The van der Waals surface area contributed by atoms with E-state index in [2.05, 4.69) is 15.5 Å². The van der Waals surface area contributed by atoms with E-state index in [9.17, 15) is 17.6 Å². The number of nitrogens with zero attached hydrogens (tertiary/aromatic N) is 4. The van der Waals surface area contributed by atoms with E-state index in [0.29, 0.717) is 33.1 Å². The molecule has 0 spiro atoms. The molecule has 1 aromatic heterocycles. The van der Waals surface area contributed by atoms with Gasteiger partial charge in [-0.1, -0.05) is 23.4 Å². The molecule has 1 heterocycles. The molecule has 176 valence electrons. The Hall–Kier alpha value is -2.83. The van der Waals surface area contributed by atoms with Crippen molar-refractivity contribution in [3.63, 3.8) is 0 Å². The summed E-state index contributed by atoms with van der Waals surface area (Å²) in [4.78, 5) is 12.4. The van der Waals surface area contributed by atoms with Gasteiger partial charge in [-0.25, -0.2) is 12.8 Å². The van der Waals surface area contributed by atoms with E-state index in [1.165, 1.54) is 31.4 Å². The molecule has 0 atom stereocenters. The van der Waals surface area contributed by atoms with Crippen LogP contribution < -0.4 is 14.4 Å². The summed E-state index contributed by atoms with van der Waals surface area (Å²) in [6.45, 7) is -0.111. The van der Waals surface area contributed by atoms with Crippen molar-refractivity contribution in [2.45, 2.75) is 11.7 Å². The first-order valence-electron chi connectivity index (χ1n) is 9.46. The monoisotopic (exact) mass is 513 g/mol. The lowest BCUT2D eigenvalue weighted by molar-refractivity contribution is -0.113. The van der Waals surface area contributed by atoms with Crippen LogP contribution in [-0.4, -0.2) is 48.2 Å². The molecule has 0 bridgehead atoms. The van der Waals surface area contributed by atoms with Crippen molar-refractivity contribution in [3.05, 3.63) is 59.1 Å². The van der Waals surface area contributed by atoms with E-state index in [1.807, 2.05) is 0 Å². The summed E-state index contributed by atoms with van der Waals surface area (Å²) in [6.07, 6.45) is 1.05. The van der Waals surface area contributed by atoms with E-state index in [4.69, 9.17) is 16.3 Å². The highest BCUT2D eigenvalue weighted by Crippen LogP contribution is 2.28. The number of halogens is 2. The van der Waals surface area contributed by atoms with Crippen LogP contribution in [0.3, 0.4) is 0 Å². The van der Waals surface area contributed by atoms with E-state index in [1.54, 1.807) is 29.8 Å². The molecule has 0 saturated heterocycles. The summed E-state index contributed by atoms with van der Waals surface area (Å²) in [6, 6.07) is 9.98. The molecule has 3 rings (SSSR count). The number of thioether (sulfide) groups is 1. The van der Waals surface area contributed by atoms with Gasteiger partial charge in [-0.2, -0.15) is 0 Å². The maximum atomic E-state index is 13.2. The fourth-order valence-electron chi connectivity index (χ4n) is 2.84. The second-order valence-electron chi connectivity index (χ2n) is 6.89. The number of methoxy groups -OCH3 is 1. The second-order valence-corrected chi connectivity index (χ2v) is 10.2. The van der Waals surface area contributed by atoms with Gasteiger partial charge in [0.15, 0.2) is 11.0 Å². The van der Waals surface area contributed by atoms with Crippen LogP contribution in [0.25, 0.3) is 0 Å². The number of anilines is 2. The summed E-state index contributed by atoms with van der Waals surface area (Å²) in [5.74, 6) is 0.0620. The number of sulfonamides is 1. The van der Waals surface area contributed by atoms with Crippen molar-refractivity contribution in [1.82, 2.24) is 14.8 Å². The lowest BCUT2D eigenvalue weighted by Crippen LogP contribution is -2.30. The molecule has 0 radical (unpaired) electrons. The average molecular weight is 514 g/mol. The molecule has 33 heavy (non-hydrogen) atoms. The summed E-state index contributed by atoms with van der Waals surface area (Å²) in [5.41, 5.74) is 0.739. The summed E-state index contributed by atoms with van der Waals surface area (Å²) >= 11 is 7.11. The summed E-state index contributed by atoms with van der Waals surface area (Å²) in [5, 5.41) is 11.7. The molecular weight excluding hydrogens is 493 g/mol. The Labute approximate surface area is 199 Å². The largest absolute Gasteiger partial charge is 0.495 e. The zero-order valence-electron chi connectivity index (χ0n) is 17.9. The van der Waals surface area contributed by atoms with Gasteiger partial charge in [0.1, 0.15) is 11.6 Å². The van der Waals surface area contributed by atoms with Crippen molar-refractivity contribution >= 4 is 50.7 Å². The van der Waals surface area contributed by atoms with Crippen molar-refractivity contribution < 1.29 is 22.3 Å². The van der Waals surface area contributed by atoms with Crippen LogP contribution in [0.1, 0.15) is 5.82 Å². The third kappa shape index (κ3) is 6.36. The molecule has 0 aliphatic rings. The van der Waals surface area contributed by atoms with Gasteiger partial charge < -0.3 is 14.6 Å². The Morgan fingerprint density at radius 2 is 1.94 bits per heavy atom. The Kier molecular flexibility index (Phi) is 7.82. The number of carbonyl (C=O) groups excluding carboxylic acids is 1. The van der Waals surface area contributed by atoms with Crippen LogP contribution in [0.5, 0.6) is 5.75 Å². The first-order chi connectivity index (χ1) is 15.6. The van der Waals surface area contributed by atoms with Crippen molar-refractivity contribution in [3.8, 4) is 5.75 Å². The van der Waals surface area contributed by atoms with Gasteiger partial charge in [0, 0.05) is 12.1 Å². The number of benzene rings is 2. The minimum Gasteiger partial charge on any atom is -0.495 e. The van der Waals surface area contributed by atoms with Crippen LogP contribution in [0, 0.1) is 5.82 Å². The van der Waals surface area contributed by atoms with Crippen LogP contribution in [0.2, 0.25) is 5.02 Å². The van der Waals surface area contributed by atoms with Gasteiger partial charge in [0.05, 0.1) is 37.0 Å². The zero-order valence-corrected chi connectivity index (χ0v) is 20.3. The predicted molar refractivity (Wildman–Crippen MR) is 126 cm³/mol. The molecule has 9 nitrogen and oxygen atoms in total. The van der Waals surface area contributed by atoms with E-state index >= 15 is 0 Å². The fraction of sp³-hybridized carbons (Fsp3) is 0.250. The van der Waals surface area contributed by atoms with Gasteiger partial charge in [-0.15, -0.1) is 10.2 Å². The lowest BCUT2D eigenvalue weighted by Gasteiger charge is -2.21. The number of ether oxygens (including phenoxy) is 1. The smallest absolute Gasteiger partial charge is 0.234 e. The lowest BCUT2D eigenvalue weighted by atomic mass is 10.3. The molecular formula is C20H21ClFN5O4S2. The quantitative estimate of drug-likeness (QED) is 0.437. The predicted octanol–water partition coefficient (Wildman–Crippen LogP) is 3.31. The topological polar surface area (TPSA) is 106 Å². The van der Waals surface area contributed by atoms with Crippen LogP contribution in [0.4, 0.5) is 15.8 Å². The molecule has 0 aliphatic heterocycles. The van der Waals surface area contributed by atoms with E-state index in [0.717, 1.165) is 22.3 Å². The zero-order chi connectivity index (χ0) is 24.2. The first kappa shape index (κ1) is 24.8. The first-order valence-corrected chi connectivity index (χ1v) is 12.7. The van der Waals surface area contributed by atoms with Gasteiger partial charge in [0.25, 0.3) is 0 Å². The van der Waals surface area contributed by atoms with Gasteiger partial charge in [-0.3, -0.25) is 9.10 Å². The van der Waals surface area contributed by atoms with Gasteiger partial charge >= 0.3 is 0 Å². The Morgan fingerprint density at radius 1 is 1.24 bits per heavy atom. The Balaban J connectivity index is 1.69. The molecule has 0 aliphatic carbocycles. The molecule has 3 aromatic rings. The minimum atomic E-state index is -3.67. The number of nitrogens with one attached hydrogen (secondary N) is 1. The highest BCUT2D eigenvalue weighted by molar-refractivity contribution is 7.99. The van der Waals surface area contributed by atoms with Crippen LogP contribution >= 0.6 is 23.4 Å². The fourth-order valence-corrected chi connectivity index (χ4v) is 4.60. The standard InChI is InChI=1S/C20H21ClFN5O4S2/c1-26-18(11-27(33(3,29)30)15-7-5-14(22)6-8-15)24-25-20(26)32-12-19(28)23-16-10-13(21)4-9-17(16)31-2/h4-10H,11-12H2,1-3H3,(H,23,28). The average Bonchev–Trinajstić information content (AvgIpc) is 3.10. The Bertz CT molecular complexity index is 1250. The molecule has 13 heteroatoms. The van der Waals surface area contributed by atoms with Crippen molar-refractivity contribution in [2.75, 3.05) is 28.7 Å².